The standard InChI is InChI=1S/C8H6BF4O.K/c10-8-5-7(14)2-1-6(8)3-4-9(11,12)13;/h1-5,14H;/q-1;+1/b4-3+;. The first-order chi connectivity index (χ1) is 6.38. The Morgan fingerprint density at radius 2 is 1.80 bits per heavy atom. The van der Waals surface area contributed by atoms with Crippen molar-refractivity contribution in [1.29, 1.82) is 0 Å². The second-order valence-corrected chi connectivity index (χ2v) is 2.69. The summed E-state index contributed by atoms with van der Waals surface area (Å²) in [6.45, 7) is -5.06. The number of hydrogen-bond donors (Lipinski definition) is 1. The van der Waals surface area contributed by atoms with E-state index in [2.05, 4.69) is 0 Å². The number of aromatic hydroxyl groups is 1. The molecule has 0 fully saturated rings. The van der Waals surface area contributed by atoms with Crippen LogP contribution in [0, 0.1) is 5.82 Å². The smallest absolute Gasteiger partial charge is 0.508 e. The number of phenols is 1. The molecule has 0 aliphatic rings. The molecular weight excluding hydrogens is 238 g/mol. The van der Waals surface area contributed by atoms with Gasteiger partial charge in [-0.25, -0.2) is 4.39 Å². The van der Waals surface area contributed by atoms with Gasteiger partial charge in [-0.05, 0) is 12.1 Å². The Kier molecular flexibility index (Phi) is 6.12. The van der Waals surface area contributed by atoms with Crippen LogP contribution in [0.3, 0.4) is 0 Å². The fourth-order valence-electron chi connectivity index (χ4n) is 0.864. The minimum absolute atomic E-state index is 0. The molecule has 7 heteroatoms. The summed E-state index contributed by atoms with van der Waals surface area (Å²) in [6.07, 6.45) is 0.634. The zero-order chi connectivity index (χ0) is 10.8. The molecule has 0 aliphatic carbocycles. The van der Waals surface area contributed by atoms with Crippen molar-refractivity contribution in [2.75, 3.05) is 0 Å². The van der Waals surface area contributed by atoms with E-state index in [9.17, 15) is 17.3 Å². The predicted octanol–water partition coefficient (Wildman–Crippen LogP) is -0.0649. The Balaban J connectivity index is 0.00000196. The van der Waals surface area contributed by atoms with Crippen molar-refractivity contribution in [3.63, 3.8) is 0 Å². The van der Waals surface area contributed by atoms with Crippen molar-refractivity contribution in [2.45, 2.75) is 0 Å². The molecule has 76 valence electrons. The topological polar surface area (TPSA) is 20.2 Å². The van der Waals surface area contributed by atoms with E-state index in [1.807, 2.05) is 0 Å². The quantitative estimate of drug-likeness (QED) is 0.570. The molecule has 0 atom stereocenters. The second kappa shape index (κ2) is 6.05. The minimum Gasteiger partial charge on any atom is -0.508 e. The zero-order valence-electron chi connectivity index (χ0n) is 7.92. The first-order valence-electron chi connectivity index (χ1n) is 3.76. The third-order valence-corrected chi connectivity index (χ3v) is 1.48. The van der Waals surface area contributed by atoms with Crippen molar-refractivity contribution in [3.05, 3.63) is 35.6 Å². The summed E-state index contributed by atoms with van der Waals surface area (Å²) in [5.74, 6) is -1.21. The Labute approximate surface area is 127 Å². The van der Waals surface area contributed by atoms with Gasteiger partial charge in [-0.2, -0.15) is 0 Å². The Hall–Kier alpha value is 0.181. The van der Waals surface area contributed by atoms with Gasteiger partial charge in [0.25, 0.3) is 0 Å². The van der Waals surface area contributed by atoms with Crippen molar-refractivity contribution in [1.82, 2.24) is 0 Å². The molecule has 1 nitrogen and oxygen atoms in total. The van der Waals surface area contributed by atoms with Crippen LogP contribution in [0.4, 0.5) is 17.3 Å². The van der Waals surface area contributed by atoms with Crippen LogP contribution in [-0.2, 0) is 0 Å². The van der Waals surface area contributed by atoms with Crippen LogP contribution in [-0.4, -0.2) is 12.1 Å². The van der Waals surface area contributed by atoms with Crippen LogP contribution in [0.1, 0.15) is 5.56 Å². The first kappa shape index (κ1) is 15.2. The van der Waals surface area contributed by atoms with Gasteiger partial charge in [0.05, 0.1) is 0 Å². The second-order valence-electron chi connectivity index (χ2n) is 2.69. The molecule has 0 saturated heterocycles. The van der Waals surface area contributed by atoms with Crippen LogP contribution >= 0.6 is 0 Å². The maximum absolute atomic E-state index is 12.9. The number of phenolic OH excluding ortho intramolecular Hbond substituents is 1. The monoisotopic (exact) mass is 244 g/mol. The van der Waals surface area contributed by atoms with E-state index in [1.54, 1.807) is 0 Å². The molecule has 0 spiro atoms. The normalized spacial score (nSPS) is 11.5. The molecule has 1 aromatic carbocycles. The van der Waals surface area contributed by atoms with Crippen LogP contribution in [0.2, 0.25) is 0 Å². The molecule has 0 amide bonds. The van der Waals surface area contributed by atoms with Gasteiger partial charge in [-0.15, -0.1) is 5.98 Å². The van der Waals surface area contributed by atoms with Gasteiger partial charge in [-0.3, -0.25) is 0 Å². The summed E-state index contributed by atoms with van der Waals surface area (Å²) >= 11 is 0. The average Bonchev–Trinajstić information content (AvgIpc) is 2.00. The molecule has 0 radical (unpaired) electrons. The molecule has 0 aromatic heterocycles. The summed E-state index contributed by atoms with van der Waals surface area (Å²) in [5, 5.41) is 8.78. The molecule has 15 heavy (non-hydrogen) atoms. The van der Waals surface area contributed by atoms with Crippen LogP contribution in [0.5, 0.6) is 5.75 Å². The summed E-state index contributed by atoms with van der Waals surface area (Å²) in [7, 11) is 0. The molecule has 0 saturated carbocycles. The maximum atomic E-state index is 12.9. The van der Waals surface area contributed by atoms with E-state index in [1.165, 1.54) is 0 Å². The maximum Gasteiger partial charge on any atom is 1.00 e. The van der Waals surface area contributed by atoms with Crippen LogP contribution in [0.25, 0.3) is 6.08 Å². The Morgan fingerprint density at radius 3 is 2.27 bits per heavy atom. The van der Waals surface area contributed by atoms with Gasteiger partial charge < -0.3 is 18.1 Å². The number of halogens is 4. The fraction of sp³-hybridized carbons (Fsp3) is 0. The molecule has 0 aliphatic heterocycles. The van der Waals surface area contributed by atoms with E-state index < -0.39 is 12.8 Å². The van der Waals surface area contributed by atoms with Crippen LogP contribution < -0.4 is 51.4 Å². The van der Waals surface area contributed by atoms with Crippen molar-refractivity contribution in [2.24, 2.45) is 0 Å². The zero-order valence-corrected chi connectivity index (χ0v) is 11.0. The van der Waals surface area contributed by atoms with E-state index in [-0.39, 0.29) is 68.7 Å². The SMILES string of the molecule is Oc1ccc(/C=C/[B-](F)(F)F)c(F)c1.[K+]. The van der Waals surface area contributed by atoms with E-state index >= 15 is 0 Å². The van der Waals surface area contributed by atoms with Gasteiger partial charge in [0, 0.05) is 11.6 Å². The largest absolute Gasteiger partial charge is 1.00 e. The fourth-order valence-corrected chi connectivity index (χ4v) is 0.864. The molecular formula is C8H6BF4KO. The minimum atomic E-state index is -5.06. The third-order valence-electron chi connectivity index (χ3n) is 1.48. The van der Waals surface area contributed by atoms with Crippen LogP contribution in [0.15, 0.2) is 24.2 Å². The van der Waals surface area contributed by atoms with E-state index in [0.717, 1.165) is 18.2 Å². The van der Waals surface area contributed by atoms with Crippen molar-refractivity contribution < 1.29 is 73.8 Å². The molecule has 0 bridgehead atoms. The van der Waals surface area contributed by atoms with E-state index in [4.69, 9.17) is 5.11 Å². The summed E-state index contributed by atoms with van der Waals surface area (Å²) in [6, 6.07) is 2.94. The molecule has 1 N–H and O–H groups in total. The Bertz CT molecular complexity index is 364. The van der Waals surface area contributed by atoms with Crippen molar-refractivity contribution in [3.8, 4) is 5.75 Å². The number of hydrogen-bond acceptors (Lipinski definition) is 1. The number of benzene rings is 1. The van der Waals surface area contributed by atoms with E-state index in [0.29, 0.717) is 6.08 Å². The molecule has 1 aromatic rings. The van der Waals surface area contributed by atoms with Gasteiger partial charge in [0.15, 0.2) is 0 Å². The number of rotatable bonds is 2. The van der Waals surface area contributed by atoms with Gasteiger partial charge in [0.1, 0.15) is 11.6 Å². The van der Waals surface area contributed by atoms with Gasteiger partial charge >= 0.3 is 58.4 Å². The summed E-state index contributed by atoms with van der Waals surface area (Å²) < 4.78 is 48.1. The predicted molar refractivity (Wildman–Crippen MR) is 46.2 cm³/mol. The molecule has 0 unspecified atom stereocenters. The van der Waals surface area contributed by atoms with Gasteiger partial charge in [0.2, 0.25) is 0 Å². The summed E-state index contributed by atoms with van der Waals surface area (Å²) in [5.41, 5.74) is -0.206. The Morgan fingerprint density at radius 1 is 1.20 bits per heavy atom. The van der Waals surface area contributed by atoms with Crippen molar-refractivity contribution >= 4 is 13.1 Å². The third kappa shape index (κ3) is 5.72. The molecule has 0 heterocycles. The average molecular weight is 244 g/mol. The molecule has 1 rings (SSSR count). The summed E-state index contributed by atoms with van der Waals surface area (Å²) in [4.78, 5) is 0. The first-order valence-corrected chi connectivity index (χ1v) is 3.76. The van der Waals surface area contributed by atoms with Gasteiger partial charge in [-0.1, -0.05) is 6.08 Å².